The van der Waals surface area contributed by atoms with Gasteiger partial charge < -0.3 is 10.6 Å². The molecule has 2 unspecified atom stereocenters. The van der Waals surface area contributed by atoms with Crippen molar-refractivity contribution in [2.45, 2.75) is 51.6 Å². The molecular weight excluding hydrogens is 256 g/mol. The number of hydrogen-bond donors (Lipinski definition) is 2. The third-order valence-corrected chi connectivity index (χ3v) is 5.45. The number of carbonyl (C=O) groups excluding carboxylic acids is 1. The van der Waals surface area contributed by atoms with Gasteiger partial charge in [-0.2, -0.15) is 0 Å². The van der Waals surface area contributed by atoms with Crippen LogP contribution in [0.3, 0.4) is 0 Å². The number of amides is 1. The summed E-state index contributed by atoms with van der Waals surface area (Å²) in [6, 6.07) is 2.29. The Bertz CT molecular complexity index is 447. The summed E-state index contributed by atoms with van der Waals surface area (Å²) in [5, 5.41) is 6.40. The molecule has 0 bridgehead atoms. The predicted octanol–water partition coefficient (Wildman–Crippen LogP) is 2.24. The largest absolute Gasteiger partial charge is 0.350 e. The van der Waals surface area contributed by atoms with Gasteiger partial charge in [-0.15, -0.1) is 11.3 Å². The number of carbonyl (C=O) groups is 1. The molecule has 1 saturated heterocycles. The summed E-state index contributed by atoms with van der Waals surface area (Å²) in [5.74, 6) is 0.822. The molecule has 1 aromatic heterocycles. The Labute approximate surface area is 118 Å². The van der Waals surface area contributed by atoms with Crippen molar-refractivity contribution in [1.29, 1.82) is 0 Å². The quantitative estimate of drug-likeness (QED) is 0.890. The Hall–Kier alpha value is -0.870. The van der Waals surface area contributed by atoms with E-state index in [1.165, 1.54) is 41.0 Å². The normalized spacial score (nSPS) is 26.2. The van der Waals surface area contributed by atoms with Crippen molar-refractivity contribution in [1.82, 2.24) is 10.6 Å². The standard InChI is InChI=1S/C15H22N2OS/c1-10-5-6-16-13(7-10)15(18)17-9-12-8-11-3-2-4-14(11)19-12/h8,10,13,16H,2-7,9H2,1H3,(H,17,18). The van der Waals surface area contributed by atoms with Crippen LogP contribution in [0.4, 0.5) is 0 Å². The van der Waals surface area contributed by atoms with Crippen LogP contribution in [0.5, 0.6) is 0 Å². The first-order valence-electron chi connectivity index (χ1n) is 7.34. The Morgan fingerprint density at radius 3 is 3.21 bits per heavy atom. The number of piperidine rings is 1. The smallest absolute Gasteiger partial charge is 0.237 e. The lowest BCUT2D eigenvalue weighted by Gasteiger charge is -2.27. The molecule has 0 spiro atoms. The van der Waals surface area contributed by atoms with Crippen LogP contribution in [0, 0.1) is 5.92 Å². The van der Waals surface area contributed by atoms with Crippen molar-refractivity contribution in [3.05, 3.63) is 21.4 Å². The second-order valence-corrected chi connectivity index (χ2v) is 7.09. The molecule has 0 radical (unpaired) electrons. The van der Waals surface area contributed by atoms with Crippen LogP contribution in [0.15, 0.2) is 6.07 Å². The molecule has 2 heterocycles. The maximum Gasteiger partial charge on any atom is 0.237 e. The summed E-state index contributed by atoms with van der Waals surface area (Å²) < 4.78 is 0. The van der Waals surface area contributed by atoms with Gasteiger partial charge in [-0.25, -0.2) is 0 Å². The average molecular weight is 278 g/mol. The number of fused-ring (bicyclic) bond motifs is 1. The highest BCUT2D eigenvalue weighted by molar-refractivity contribution is 7.12. The van der Waals surface area contributed by atoms with Gasteiger partial charge in [0.15, 0.2) is 0 Å². The van der Waals surface area contributed by atoms with Crippen molar-refractivity contribution in [2.24, 2.45) is 5.92 Å². The molecule has 1 amide bonds. The van der Waals surface area contributed by atoms with E-state index in [1.54, 1.807) is 0 Å². The lowest BCUT2D eigenvalue weighted by Crippen LogP contribution is -2.48. The first kappa shape index (κ1) is 13.1. The third kappa shape index (κ3) is 3.00. The van der Waals surface area contributed by atoms with Gasteiger partial charge in [0.2, 0.25) is 5.91 Å². The maximum absolute atomic E-state index is 12.1. The van der Waals surface area contributed by atoms with E-state index in [2.05, 4.69) is 23.6 Å². The Balaban J connectivity index is 1.52. The summed E-state index contributed by atoms with van der Waals surface area (Å²) in [7, 11) is 0. The van der Waals surface area contributed by atoms with E-state index < -0.39 is 0 Å². The molecule has 2 N–H and O–H groups in total. The fourth-order valence-electron chi connectivity index (χ4n) is 3.08. The molecule has 2 aliphatic rings. The molecule has 19 heavy (non-hydrogen) atoms. The van der Waals surface area contributed by atoms with Gasteiger partial charge in [-0.1, -0.05) is 6.92 Å². The number of nitrogens with one attached hydrogen (secondary N) is 2. The fraction of sp³-hybridized carbons (Fsp3) is 0.667. The summed E-state index contributed by atoms with van der Waals surface area (Å²) >= 11 is 1.88. The lowest BCUT2D eigenvalue weighted by atomic mass is 9.94. The van der Waals surface area contributed by atoms with Crippen molar-refractivity contribution >= 4 is 17.2 Å². The molecule has 4 heteroatoms. The van der Waals surface area contributed by atoms with Gasteiger partial charge in [-0.3, -0.25) is 4.79 Å². The zero-order chi connectivity index (χ0) is 13.2. The predicted molar refractivity (Wildman–Crippen MR) is 78.4 cm³/mol. The van der Waals surface area contributed by atoms with Gasteiger partial charge in [0.1, 0.15) is 0 Å². The second kappa shape index (κ2) is 5.63. The summed E-state index contributed by atoms with van der Waals surface area (Å²) in [6.45, 7) is 3.89. The Morgan fingerprint density at radius 2 is 2.42 bits per heavy atom. The van der Waals surface area contributed by atoms with Crippen LogP contribution < -0.4 is 10.6 Å². The molecular formula is C15H22N2OS. The van der Waals surface area contributed by atoms with E-state index in [4.69, 9.17) is 0 Å². The highest BCUT2D eigenvalue weighted by Gasteiger charge is 2.24. The molecule has 3 nitrogen and oxygen atoms in total. The van der Waals surface area contributed by atoms with Crippen molar-refractivity contribution in [3.8, 4) is 0 Å². The summed E-state index contributed by atoms with van der Waals surface area (Å²) in [6.07, 6.45) is 5.91. The van der Waals surface area contributed by atoms with Crippen LogP contribution in [0.25, 0.3) is 0 Å². The zero-order valence-electron chi connectivity index (χ0n) is 11.5. The van der Waals surface area contributed by atoms with Crippen molar-refractivity contribution < 1.29 is 4.79 Å². The molecule has 2 atom stereocenters. The molecule has 104 valence electrons. The second-order valence-electron chi connectivity index (χ2n) is 5.87. The van der Waals surface area contributed by atoms with Crippen LogP contribution in [-0.4, -0.2) is 18.5 Å². The average Bonchev–Trinajstić information content (AvgIpc) is 2.96. The minimum Gasteiger partial charge on any atom is -0.350 e. The molecule has 3 rings (SSSR count). The van der Waals surface area contributed by atoms with E-state index >= 15 is 0 Å². The Morgan fingerprint density at radius 1 is 1.53 bits per heavy atom. The molecule has 1 aliphatic carbocycles. The highest BCUT2D eigenvalue weighted by atomic mass is 32.1. The first-order chi connectivity index (χ1) is 9.22. The van der Waals surface area contributed by atoms with Gasteiger partial charge in [-0.05, 0) is 56.2 Å². The van der Waals surface area contributed by atoms with Crippen LogP contribution in [-0.2, 0) is 24.2 Å². The molecule has 0 saturated carbocycles. The minimum absolute atomic E-state index is 0.00978. The maximum atomic E-state index is 12.1. The van der Waals surface area contributed by atoms with E-state index in [1.807, 2.05) is 11.3 Å². The van der Waals surface area contributed by atoms with E-state index in [-0.39, 0.29) is 11.9 Å². The lowest BCUT2D eigenvalue weighted by molar-refractivity contribution is -0.124. The van der Waals surface area contributed by atoms with Crippen LogP contribution in [0.2, 0.25) is 0 Å². The fourth-order valence-corrected chi connectivity index (χ4v) is 4.28. The number of hydrogen-bond acceptors (Lipinski definition) is 3. The molecule has 1 aromatic rings. The van der Waals surface area contributed by atoms with E-state index in [0.717, 1.165) is 13.0 Å². The van der Waals surface area contributed by atoms with Gasteiger partial charge in [0.05, 0.1) is 12.6 Å². The van der Waals surface area contributed by atoms with E-state index in [9.17, 15) is 4.79 Å². The first-order valence-corrected chi connectivity index (χ1v) is 8.15. The summed E-state index contributed by atoms with van der Waals surface area (Å²) in [4.78, 5) is 15.0. The van der Waals surface area contributed by atoms with Crippen molar-refractivity contribution in [3.63, 3.8) is 0 Å². The third-order valence-electron chi connectivity index (χ3n) is 4.22. The topological polar surface area (TPSA) is 41.1 Å². The minimum atomic E-state index is 0.00978. The van der Waals surface area contributed by atoms with E-state index in [0.29, 0.717) is 12.5 Å². The van der Waals surface area contributed by atoms with Crippen molar-refractivity contribution in [2.75, 3.05) is 6.54 Å². The zero-order valence-corrected chi connectivity index (χ0v) is 12.3. The SMILES string of the molecule is CC1CCNC(C(=O)NCc2cc3c(s2)CCC3)C1. The van der Waals surface area contributed by atoms with Crippen LogP contribution in [0.1, 0.15) is 41.5 Å². The monoisotopic (exact) mass is 278 g/mol. The molecule has 1 aliphatic heterocycles. The van der Waals surface area contributed by atoms with Crippen LogP contribution >= 0.6 is 11.3 Å². The Kier molecular flexibility index (Phi) is 3.89. The highest BCUT2D eigenvalue weighted by Crippen LogP contribution is 2.30. The number of rotatable bonds is 3. The van der Waals surface area contributed by atoms with Gasteiger partial charge >= 0.3 is 0 Å². The van der Waals surface area contributed by atoms with Gasteiger partial charge in [0, 0.05) is 9.75 Å². The molecule has 1 fully saturated rings. The molecule has 0 aromatic carbocycles. The summed E-state index contributed by atoms with van der Waals surface area (Å²) in [5.41, 5.74) is 1.51. The number of thiophene rings is 1. The van der Waals surface area contributed by atoms with Gasteiger partial charge in [0.25, 0.3) is 0 Å². The number of aryl methyl sites for hydroxylation is 2.